The molecular weight excluding hydrogens is 230 g/mol. The summed E-state index contributed by atoms with van der Waals surface area (Å²) in [5, 5.41) is 3.75. The van der Waals surface area contributed by atoms with E-state index in [2.05, 4.69) is 86.8 Å². The van der Waals surface area contributed by atoms with Gasteiger partial charge in [0.1, 0.15) is 0 Å². The van der Waals surface area contributed by atoms with Crippen LogP contribution in [0.15, 0.2) is 60.7 Å². The molecule has 0 radical (unpaired) electrons. The summed E-state index contributed by atoms with van der Waals surface area (Å²) in [5.41, 5.74) is 2.70. The topological polar surface area (TPSA) is 12.0 Å². The highest BCUT2D eigenvalue weighted by atomic mass is 14.9. The summed E-state index contributed by atoms with van der Waals surface area (Å²) in [4.78, 5) is 0. The van der Waals surface area contributed by atoms with Gasteiger partial charge in [0.25, 0.3) is 0 Å². The van der Waals surface area contributed by atoms with Crippen LogP contribution in [-0.2, 0) is 0 Å². The third-order valence-corrected chi connectivity index (χ3v) is 3.55. The molecule has 0 aromatic heterocycles. The molecule has 0 fully saturated rings. The summed E-state index contributed by atoms with van der Waals surface area (Å²) in [7, 11) is 0. The molecular formula is C18H23N. The van der Waals surface area contributed by atoms with Crippen molar-refractivity contribution in [2.24, 2.45) is 5.92 Å². The van der Waals surface area contributed by atoms with Gasteiger partial charge in [-0.05, 0) is 24.0 Å². The van der Waals surface area contributed by atoms with Gasteiger partial charge in [0, 0.05) is 12.1 Å². The van der Waals surface area contributed by atoms with Crippen LogP contribution < -0.4 is 5.32 Å². The molecule has 0 aliphatic carbocycles. The Morgan fingerprint density at radius 2 is 1.16 bits per heavy atom. The quantitative estimate of drug-likeness (QED) is 0.812. The van der Waals surface area contributed by atoms with Crippen molar-refractivity contribution in [2.45, 2.75) is 32.9 Å². The van der Waals surface area contributed by atoms with E-state index >= 15 is 0 Å². The van der Waals surface area contributed by atoms with Crippen LogP contribution in [-0.4, -0.2) is 0 Å². The SMILES string of the molecule is CC(C)C(N[C@H](C)c1ccccc1)c1ccccc1. The average Bonchev–Trinajstić information content (AvgIpc) is 2.46. The maximum absolute atomic E-state index is 3.75. The third-order valence-electron chi connectivity index (χ3n) is 3.55. The first-order valence-electron chi connectivity index (χ1n) is 7.04. The van der Waals surface area contributed by atoms with Crippen molar-refractivity contribution in [3.63, 3.8) is 0 Å². The fourth-order valence-electron chi connectivity index (χ4n) is 2.44. The van der Waals surface area contributed by atoms with Crippen LogP contribution in [0, 0.1) is 5.92 Å². The van der Waals surface area contributed by atoms with Crippen LogP contribution >= 0.6 is 0 Å². The second kappa shape index (κ2) is 6.53. The van der Waals surface area contributed by atoms with E-state index in [-0.39, 0.29) is 0 Å². The molecule has 100 valence electrons. The second-order valence-corrected chi connectivity index (χ2v) is 5.43. The van der Waals surface area contributed by atoms with Crippen molar-refractivity contribution in [3.05, 3.63) is 71.8 Å². The highest BCUT2D eigenvalue weighted by Crippen LogP contribution is 2.25. The first-order chi connectivity index (χ1) is 9.18. The number of hydrogen-bond donors (Lipinski definition) is 1. The Labute approximate surface area is 116 Å². The highest BCUT2D eigenvalue weighted by Gasteiger charge is 2.18. The normalized spacial score (nSPS) is 14.3. The predicted octanol–water partition coefficient (Wildman–Crippen LogP) is 4.73. The molecule has 1 heteroatoms. The van der Waals surface area contributed by atoms with Crippen LogP contribution in [0.4, 0.5) is 0 Å². The summed E-state index contributed by atoms with van der Waals surface area (Å²) < 4.78 is 0. The average molecular weight is 253 g/mol. The van der Waals surface area contributed by atoms with Gasteiger partial charge < -0.3 is 5.32 Å². The van der Waals surface area contributed by atoms with Gasteiger partial charge in [0.05, 0.1) is 0 Å². The Morgan fingerprint density at radius 3 is 1.63 bits per heavy atom. The maximum atomic E-state index is 3.75. The zero-order chi connectivity index (χ0) is 13.7. The Balaban J connectivity index is 2.14. The smallest absolute Gasteiger partial charge is 0.0348 e. The molecule has 0 heterocycles. The van der Waals surface area contributed by atoms with Gasteiger partial charge in [-0.3, -0.25) is 0 Å². The lowest BCUT2D eigenvalue weighted by molar-refractivity contribution is 0.374. The van der Waals surface area contributed by atoms with Crippen molar-refractivity contribution in [3.8, 4) is 0 Å². The van der Waals surface area contributed by atoms with Gasteiger partial charge in [-0.2, -0.15) is 0 Å². The fraction of sp³-hybridized carbons (Fsp3) is 0.333. The van der Waals surface area contributed by atoms with E-state index in [9.17, 15) is 0 Å². The minimum absolute atomic E-state index is 0.355. The van der Waals surface area contributed by atoms with E-state index in [1.54, 1.807) is 0 Å². The van der Waals surface area contributed by atoms with Crippen molar-refractivity contribution in [2.75, 3.05) is 0 Å². The predicted molar refractivity (Wildman–Crippen MR) is 82.0 cm³/mol. The van der Waals surface area contributed by atoms with Crippen LogP contribution in [0.25, 0.3) is 0 Å². The second-order valence-electron chi connectivity index (χ2n) is 5.43. The molecule has 0 aliphatic rings. The van der Waals surface area contributed by atoms with Crippen LogP contribution in [0.1, 0.15) is 44.0 Å². The van der Waals surface area contributed by atoms with Crippen LogP contribution in [0.5, 0.6) is 0 Å². The molecule has 0 aliphatic heterocycles. The van der Waals surface area contributed by atoms with E-state index in [0.717, 1.165) is 0 Å². The number of hydrogen-bond acceptors (Lipinski definition) is 1. The fourth-order valence-corrected chi connectivity index (χ4v) is 2.44. The molecule has 1 N–H and O–H groups in total. The molecule has 2 rings (SSSR count). The Hall–Kier alpha value is -1.60. The molecule has 0 saturated heterocycles. The Kier molecular flexibility index (Phi) is 4.75. The summed E-state index contributed by atoms with van der Waals surface area (Å²) >= 11 is 0. The number of rotatable bonds is 5. The van der Waals surface area contributed by atoms with E-state index in [4.69, 9.17) is 0 Å². The maximum Gasteiger partial charge on any atom is 0.0348 e. The monoisotopic (exact) mass is 253 g/mol. The van der Waals surface area contributed by atoms with E-state index in [0.29, 0.717) is 18.0 Å². The van der Waals surface area contributed by atoms with Crippen molar-refractivity contribution >= 4 is 0 Å². The minimum atomic E-state index is 0.355. The van der Waals surface area contributed by atoms with Gasteiger partial charge >= 0.3 is 0 Å². The van der Waals surface area contributed by atoms with Gasteiger partial charge in [-0.15, -0.1) is 0 Å². The van der Waals surface area contributed by atoms with E-state index in [1.165, 1.54) is 11.1 Å². The molecule has 2 aromatic carbocycles. The first kappa shape index (κ1) is 13.8. The third kappa shape index (κ3) is 3.68. The lowest BCUT2D eigenvalue weighted by atomic mass is 9.94. The minimum Gasteiger partial charge on any atom is -0.303 e. The summed E-state index contributed by atoms with van der Waals surface area (Å²) in [6, 6.07) is 22.1. The highest BCUT2D eigenvalue weighted by molar-refractivity contribution is 5.22. The van der Waals surface area contributed by atoms with Gasteiger partial charge in [-0.1, -0.05) is 74.5 Å². The van der Waals surface area contributed by atoms with E-state index in [1.807, 2.05) is 0 Å². The van der Waals surface area contributed by atoms with E-state index < -0.39 is 0 Å². The molecule has 2 atom stereocenters. The van der Waals surface area contributed by atoms with Gasteiger partial charge in [0.15, 0.2) is 0 Å². The zero-order valence-electron chi connectivity index (χ0n) is 12.0. The van der Waals surface area contributed by atoms with Crippen LogP contribution in [0.3, 0.4) is 0 Å². The Bertz CT molecular complexity index is 476. The summed E-state index contributed by atoms with van der Waals surface area (Å²) in [6.07, 6.45) is 0. The molecule has 2 aromatic rings. The standard InChI is InChI=1S/C18H23N/c1-14(2)18(17-12-8-5-9-13-17)19-15(3)16-10-6-4-7-11-16/h4-15,18-19H,1-3H3/t15-,18?/m1/s1. The van der Waals surface area contributed by atoms with Crippen molar-refractivity contribution in [1.82, 2.24) is 5.32 Å². The molecule has 1 nitrogen and oxygen atoms in total. The van der Waals surface area contributed by atoms with Gasteiger partial charge in [-0.25, -0.2) is 0 Å². The Morgan fingerprint density at radius 1 is 0.684 bits per heavy atom. The molecule has 19 heavy (non-hydrogen) atoms. The largest absolute Gasteiger partial charge is 0.303 e. The van der Waals surface area contributed by atoms with Crippen molar-refractivity contribution < 1.29 is 0 Å². The molecule has 0 amide bonds. The number of benzene rings is 2. The van der Waals surface area contributed by atoms with Crippen molar-refractivity contribution in [1.29, 1.82) is 0 Å². The van der Waals surface area contributed by atoms with Gasteiger partial charge in [0.2, 0.25) is 0 Å². The molecule has 0 saturated carbocycles. The summed E-state index contributed by atoms with van der Waals surface area (Å²) in [5.74, 6) is 0.563. The zero-order valence-corrected chi connectivity index (χ0v) is 12.0. The number of nitrogens with one attached hydrogen (secondary N) is 1. The lowest BCUT2D eigenvalue weighted by Crippen LogP contribution is -2.28. The molecule has 1 unspecified atom stereocenters. The van der Waals surface area contributed by atoms with Crippen LogP contribution in [0.2, 0.25) is 0 Å². The molecule has 0 spiro atoms. The molecule has 0 bridgehead atoms. The first-order valence-corrected chi connectivity index (χ1v) is 7.04. The lowest BCUT2D eigenvalue weighted by Gasteiger charge is -2.27. The summed E-state index contributed by atoms with van der Waals surface area (Å²) in [6.45, 7) is 6.76.